The molecule has 5 nitrogen and oxygen atoms in total. The molecule has 0 radical (unpaired) electrons. The highest BCUT2D eigenvalue weighted by Gasteiger charge is 2.42. The normalized spacial score (nSPS) is 11.6. The van der Waals surface area contributed by atoms with Crippen LogP contribution in [0.2, 0.25) is 0 Å². The van der Waals surface area contributed by atoms with Crippen molar-refractivity contribution in [2.45, 2.75) is 12.3 Å². The lowest BCUT2D eigenvalue weighted by atomic mass is 10.1. The molecule has 0 saturated heterocycles. The second kappa shape index (κ2) is 6.95. The molecular formula is C17H12F4N4O. The van der Waals surface area contributed by atoms with Crippen LogP contribution in [0.15, 0.2) is 59.7 Å². The van der Waals surface area contributed by atoms with E-state index in [4.69, 9.17) is 0 Å². The zero-order valence-corrected chi connectivity index (χ0v) is 13.1. The Morgan fingerprint density at radius 3 is 2.65 bits per heavy atom. The van der Waals surface area contributed by atoms with Crippen molar-refractivity contribution < 1.29 is 17.6 Å². The predicted octanol–water partition coefficient (Wildman–Crippen LogP) is 3.93. The van der Waals surface area contributed by atoms with Gasteiger partial charge < -0.3 is 10.3 Å². The van der Waals surface area contributed by atoms with Gasteiger partial charge in [0.2, 0.25) is 11.5 Å². The van der Waals surface area contributed by atoms with Gasteiger partial charge in [0.05, 0.1) is 5.69 Å². The van der Waals surface area contributed by atoms with Crippen LogP contribution in [-0.2, 0) is 5.92 Å². The lowest BCUT2D eigenvalue weighted by molar-refractivity contribution is -0.135. The summed E-state index contributed by atoms with van der Waals surface area (Å²) in [6.45, 7) is 0. The van der Waals surface area contributed by atoms with Crippen molar-refractivity contribution in [3.63, 3.8) is 0 Å². The number of alkyl halides is 4. The van der Waals surface area contributed by atoms with Crippen molar-refractivity contribution in [2.24, 2.45) is 0 Å². The van der Waals surface area contributed by atoms with Crippen LogP contribution in [0.25, 0.3) is 11.3 Å². The molecule has 0 aliphatic carbocycles. The molecule has 1 aromatic carbocycles. The highest BCUT2D eigenvalue weighted by molar-refractivity contribution is 5.61. The Morgan fingerprint density at radius 1 is 1.12 bits per heavy atom. The average Bonchev–Trinajstić information content (AvgIpc) is 2.62. The topological polar surface area (TPSA) is 70.7 Å². The van der Waals surface area contributed by atoms with Gasteiger partial charge in [0, 0.05) is 35.3 Å². The third-order valence-electron chi connectivity index (χ3n) is 3.50. The maximum absolute atomic E-state index is 13.5. The molecule has 0 atom stereocenters. The van der Waals surface area contributed by atoms with Crippen LogP contribution >= 0.6 is 0 Å². The van der Waals surface area contributed by atoms with Gasteiger partial charge in [-0.3, -0.25) is 4.79 Å². The molecule has 134 valence electrons. The fourth-order valence-corrected chi connectivity index (χ4v) is 2.24. The molecule has 0 aliphatic rings. The number of H-pyrrole nitrogens is 1. The summed E-state index contributed by atoms with van der Waals surface area (Å²) in [6.07, 6.45) is -0.930. The van der Waals surface area contributed by atoms with E-state index in [2.05, 4.69) is 20.3 Å². The first-order chi connectivity index (χ1) is 12.4. The molecule has 9 heteroatoms. The van der Waals surface area contributed by atoms with Gasteiger partial charge in [-0.25, -0.2) is 18.7 Å². The highest BCUT2D eigenvalue weighted by Crippen LogP contribution is 2.35. The number of hydrogen-bond acceptors (Lipinski definition) is 4. The lowest BCUT2D eigenvalue weighted by Gasteiger charge is -2.16. The molecule has 2 heterocycles. The summed E-state index contributed by atoms with van der Waals surface area (Å²) in [7, 11) is 0. The molecule has 3 aromatic rings. The first-order valence-corrected chi connectivity index (χ1v) is 7.42. The monoisotopic (exact) mass is 364 g/mol. The van der Waals surface area contributed by atoms with Crippen molar-refractivity contribution in [3.8, 4) is 11.3 Å². The highest BCUT2D eigenvalue weighted by atomic mass is 19.3. The van der Waals surface area contributed by atoms with E-state index in [0.29, 0.717) is 11.3 Å². The largest absolute Gasteiger partial charge is 0.332 e. The van der Waals surface area contributed by atoms with E-state index < -0.39 is 17.9 Å². The Kier molecular flexibility index (Phi) is 4.70. The summed E-state index contributed by atoms with van der Waals surface area (Å²) in [4.78, 5) is 22.0. The molecule has 0 fully saturated rings. The second-order valence-corrected chi connectivity index (χ2v) is 5.34. The van der Waals surface area contributed by atoms with Crippen molar-refractivity contribution >= 4 is 11.6 Å². The standard InChI is InChI=1S/C17H12F4N4O/c18-15(19)17(20,21)11-2-1-3-12(9-11)24-16-23-7-5-13(25-16)10-4-6-22-14(26)8-10/h1-9,15H,(H,22,26)(H,23,24,25). The minimum atomic E-state index is -4.26. The van der Waals surface area contributed by atoms with Crippen LogP contribution in [-0.4, -0.2) is 21.4 Å². The van der Waals surface area contributed by atoms with E-state index in [1.54, 1.807) is 12.1 Å². The molecule has 0 unspecified atom stereocenters. The average molecular weight is 364 g/mol. The summed E-state index contributed by atoms with van der Waals surface area (Å²) >= 11 is 0. The Bertz CT molecular complexity index is 974. The van der Waals surface area contributed by atoms with E-state index in [1.165, 1.54) is 30.6 Å². The molecule has 3 rings (SSSR count). The van der Waals surface area contributed by atoms with Gasteiger partial charge in [0.15, 0.2) is 0 Å². The van der Waals surface area contributed by atoms with Gasteiger partial charge in [-0.1, -0.05) is 12.1 Å². The second-order valence-electron chi connectivity index (χ2n) is 5.34. The van der Waals surface area contributed by atoms with Gasteiger partial charge in [0.1, 0.15) is 0 Å². The maximum Gasteiger partial charge on any atom is 0.332 e. The van der Waals surface area contributed by atoms with E-state index in [-0.39, 0.29) is 17.2 Å². The summed E-state index contributed by atoms with van der Waals surface area (Å²) < 4.78 is 52.0. The van der Waals surface area contributed by atoms with Crippen molar-refractivity contribution in [2.75, 3.05) is 5.32 Å². The van der Waals surface area contributed by atoms with Crippen LogP contribution in [0.5, 0.6) is 0 Å². The van der Waals surface area contributed by atoms with Gasteiger partial charge in [-0.05, 0) is 24.3 Å². The molecule has 2 aromatic heterocycles. The van der Waals surface area contributed by atoms with E-state index >= 15 is 0 Å². The molecular weight excluding hydrogens is 352 g/mol. The molecule has 0 bridgehead atoms. The molecule has 26 heavy (non-hydrogen) atoms. The maximum atomic E-state index is 13.5. The van der Waals surface area contributed by atoms with Gasteiger partial charge in [-0.2, -0.15) is 8.78 Å². The molecule has 0 saturated carbocycles. The third kappa shape index (κ3) is 3.71. The molecule has 2 N–H and O–H groups in total. The summed E-state index contributed by atoms with van der Waals surface area (Å²) in [5, 5.41) is 2.69. The van der Waals surface area contributed by atoms with Crippen LogP contribution < -0.4 is 10.9 Å². The molecule has 0 aliphatic heterocycles. The zero-order chi connectivity index (χ0) is 18.7. The van der Waals surface area contributed by atoms with Crippen LogP contribution in [0.3, 0.4) is 0 Å². The Labute approximate surface area is 144 Å². The Hall–Kier alpha value is -3.23. The minimum Gasteiger partial charge on any atom is -0.329 e. The minimum absolute atomic E-state index is 0.0697. The first-order valence-electron chi connectivity index (χ1n) is 7.42. The van der Waals surface area contributed by atoms with Crippen molar-refractivity contribution in [3.05, 3.63) is 70.8 Å². The number of halogens is 4. The number of rotatable bonds is 5. The number of nitrogens with zero attached hydrogens (tertiary/aromatic N) is 2. The van der Waals surface area contributed by atoms with Crippen LogP contribution in [0, 0.1) is 0 Å². The van der Waals surface area contributed by atoms with Gasteiger partial charge in [-0.15, -0.1) is 0 Å². The molecule has 0 amide bonds. The summed E-state index contributed by atoms with van der Waals surface area (Å²) in [5.74, 6) is -4.19. The number of aromatic nitrogens is 3. The zero-order valence-electron chi connectivity index (χ0n) is 13.1. The molecule has 0 spiro atoms. The van der Waals surface area contributed by atoms with Crippen LogP contribution in [0.4, 0.5) is 29.2 Å². The summed E-state index contributed by atoms with van der Waals surface area (Å²) in [6, 6.07) is 9.04. The number of nitrogens with one attached hydrogen (secondary N) is 2. The first kappa shape index (κ1) is 17.6. The fraction of sp³-hybridized carbons (Fsp3) is 0.118. The Morgan fingerprint density at radius 2 is 1.92 bits per heavy atom. The number of benzene rings is 1. The fourth-order valence-electron chi connectivity index (χ4n) is 2.24. The SMILES string of the molecule is O=c1cc(-c2ccnc(Nc3cccc(C(F)(F)C(F)F)c3)n2)cc[nH]1. The number of aromatic amines is 1. The van der Waals surface area contributed by atoms with Crippen molar-refractivity contribution in [1.82, 2.24) is 15.0 Å². The summed E-state index contributed by atoms with van der Waals surface area (Å²) in [5.41, 5.74) is -0.0217. The number of pyridine rings is 1. The predicted molar refractivity (Wildman–Crippen MR) is 87.7 cm³/mol. The van der Waals surface area contributed by atoms with Crippen molar-refractivity contribution in [1.29, 1.82) is 0 Å². The smallest absolute Gasteiger partial charge is 0.329 e. The van der Waals surface area contributed by atoms with E-state index in [0.717, 1.165) is 12.1 Å². The quantitative estimate of drug-likeness (QED) is 0.673. The number of anilines is 2. The van der Waals surface area contributed by atoms with E-state index in [1.807, 2.05) is 0 Å². The van der Waals surface area contributed by atoms with Gasteiger partial charge >= 0.3 is 12.3 Å². The van der Waals surface area contributed by atoms with E-state index in [9.17, 15) is 22.4 Å². The lowest BCUT2D eigenvalue weighted by Crippen LogP contribution is -2.23. The van der Waals surface area contributed by atoms with Crippen LogP contribution in [0.1, 0.15) is 5.56 Å². The Balaban J connectivity index is 1.88. The number of hydrogen-bond donors (Lipinski definition) is 2. The third-order valence-corrected chi connectivity index (χ3v) is 3.50. The van der Waals surface area contributed by atoms with Gasteiger partial charge in [0.25, 0.3) is 0 Å².